The Bertz CT molecular complexity index is 193. The van der Waals surface area contributed by atoms with Crippen molar-refractivity contribution in [3.05, 3.63) is 0 Å². The van der Waals surface area contributed by atoms with Gasteiger partial charge in [-0.3, -0.25) is 0 Å². The zero-order valence-electron chi connectivity index (χ0n) is 13.9. The Morgan fingerprint density at radius 2 is 1.39 bits per heavy atom. The number of hydrogen-bond acceptors (Lipinski definition) is 1. The van der Waals surface area contributed by atoms with E-state index in [-0.39, 0.29) is 0 Å². The second-order valence-electron chi connectivity index (χ2n) is 6.46. The maximum atomic E-state index is 5.86. The van der Waals surface area contributed by atoms with Crippen molar-refractivity contribution in [1.29, 1.82) is 0 Å². The van der Waals surface area contributed by atoms with Gasteiger partial charge in [-0.1, -0.05) is 66.7 Å². The van der Waals surface area contributed by atoms with Crippen molar-refractivity contribution in [2.75, 3.05) is 0 Å². The van der Waals surface area contributed by atoms with Crippen LogP contribution >= 0.6 is 0 Å². The fourth-order valence-electron chi connectivity index (χ4n) is 3.64. The lowest BCUT2D eigenvalue weighted by Gasteiger charge is -2.46. The third-order valence-electron chi connectivity index (χ3n) is 4.97. The fourth-order valence-corrected chi connectivity index (χ4v) is 4.08. The van der Waals surface area contributed by atoms with Crippen LogP contribution in [0.15, 0.2) is 0 Å². The minimum absolute atomic E-state index is 0.369. The van der Waals surface area contributed by atoms with E-state index in [2.05, 4.69) is 41.5 Å². The van der Waals surface area contributed by atoms with Gasteiger partial charge in [-0.05, 0) is 30.6 Å². The molecular formula is C16H36OSi. The zero-order valence-corrected chi connectivity index (χ0v) is 15.9. The van der Waals surface area contributed by atoms with Crippen LogP contribution in [-0.4, -0.2) is 16.6 Å². The molecule has 1 unspecified atom stereocenters. The van der Waals surface area contributed by atoms with Crippen LogP contribution in [0.25, 0.3) is 0 Å². The fraction of sp³-hybridized carbons (Fsp3) is 1.00. The number of unbranched alkanes of at least 4 members (excludes halogenated alkanes) is 4. The molecule has 0 aromatic heterocycles. The first kappa shape index (κ1) is 18.2. The molecule has 0 rings (SSSR count). The van der Waals surface area contributed by atoms with Gasteiger partial charge in [0.25, 0.3) is 0 Å². The summed E-state index contributed by atoms with van der Waals surface area (Å²) < 4.78 is 5.86. The van der Waals surface area contributed by atoms with Crippen LogP contribution in [0.2, 0.25) is 0 Å². The quantitative estimate of drug-likeness (QED) is 0.425. The third-order valence-corrected chi connectivity index (χ3v) is 5.68. The molecule has 1 atom stereocenters. The van der Waals surface area contributed by atoms with Crippen molar-refractivity contribution in [1.82, 2.24) is 0 Å². The molecule has 0 aliphatic rings. The SMILES string of the molecule is CCCCCCCC(C(C)C)(C(C)C)C(C)O[SiH3]. The van der Waals surface area contributed by atoms with E-state index >= 15 is 0 Å². The molecule has 0 fully saturated rings. The predicted octanol–water partition coefficient (Wildman–Crippen LogP) is 4.33. The van der Waals surface area contributed by atoms with Gasteiger partial charge in [0, 0.05) is 6.10 Å². The maximum absolute atomic E-state index is 5.86. The molecule has 0 heterocycles. The molecule has 2 heteroatoms. The van der Waals surface area contributed by atoms with Gasteiger partial charge in [-0.25, -0.2) is 0 Å². The first-order valence-electron chi connectivity index (χ1n) is 7.96. The molecule has 0 aromatic carbocycles. The summed E-state index contributed by atoms with van der Waals surface area (Å²) in [5.41, 5.74) is 0.369. The van der Waals surface area contributed by atoms with E-state index in [0.29, 0.717) is 23.4 Å². The maximum Gasteiger partial charge on any atom is 0.146 e. The molecule has 0 bridgehead atoms. The molecule has 0 amide bonds. The molecule has 0 saturated heterocycles. The van der Waals surface area contributed by atoms with Crippen LogP contribution in [-0.2, 0) is 4.43 Å². The lowest BCUT2D eigenvalue weighted by Crippen LogP contribution is -2.44. The molecular weight excluding hydrogens is 236 g/mol. The Kier molecular flexibility index (Phi) is 9.23. The van der Waals surface area contributed by atoms with Crippen LogP contribution in [0, 0.1) is 17.3 Å². The van der Waals surface area contributed by atoms with Gasteiger partial charge in [0.05, 0.1) is 0 Å². The van der Waals surface area contributed by atoms with Crippen molar-refractivity contribution in [2.24, 2.45) is 17.3 Å². The van der Waals surface area contributed by atoms with E-state index < -0.39 is 0 Å². The topological polar surface area (TPSA) is 9.23 Å². The Balaban J connectivity index is 4.55. The summed E-state index contributed by atoms with van der Waals surface area (Å²) in [7, 11) is 0.856. The summed E-state index contributed by atoms with van der Waals surface area (Å²) in [5, 5.41) is 0. The van der Waals surface area contributed by atoms with Crippen molar-refractivity contribution in [3.63, 3.8) is 0 Å². The molecule has 0 saturated carbocycles. The van der Waals surface area contributed by atoms with E-state index in [9.17, 15) is 0 Å². The smallest absolute Gasteiger partial charge is 0.146 e. The van der Waals surface area contributed by atoms with E-state index in [1.165, 1.54) is 38.5 Å². The highest BCUT2D eigenvalue weighted by Crippen LogP contribution is 2.45. The first-order valence-corrected chi connectivity index (χ1v) is 8.77. The summed E-state index contributed by atoms with van der Waals surface area (Å²) in [6.07, 6.45) is 8.63. The second kappa shape index (κ2) is 9.14. The molecule has 0 aliphatic carbocycles. The molecule has 18 heavy (non-hydrogen) atoms. The molecule has 0 spiro atoms. The van der Waals surface area contributed by atoms with Crippen LogP contribution < -0.4 is 0 Å². The lowest BCUT2D eigenvalue weighted by atomic mass is 9.63. The Labute approximate surface area is 119 Å². The normalized spacial score (nSPS) is 14.7. The third kappa shape index (κ3) is 4.69. The highest BCUT2D eigenvalue weighted by atomic mass is 28.2. The second-order valence-corrected chi connectivity index (χ2v) is 6.94. The van der Waals surface area contributed by atoms with Crippen LogP contribution in [0.5, 0.6) is 0 Å². The Morgan fingerprint density at radius 1 is 0.889 bits per heavy atom. The van der Waals surface area contributed by atoms with Gasteiger partial charge < -0.3 is 4.43 Å². The van der Waals surface area contributed by atoms with Gasteiger partial charge in [0.1, 0.15) is 10.5 Å². The van der Waals surface area contributed by atoms with E-state index in [4.69, 9.17) is 4.43 Å². The summed E-state index contributed by atoms with van der Waals surface area (Å²) >= 11 is 0. The molecule has 0 aromatic rings. The lowest BCUT2D eigenvalue weighted by molar-refractivity contribution is -0.0253. The highest BCUT2D eigenvalue weighted by Gasteiger charge is 2.41. The molecule has 0 radical (unpaired) electrons. The molecule has 1 nitrogen and oxygen atoms in total. The first-order chi connectivity index (χ1) is 8.43. The highest BCUT2D eigenvalue weighted by molar-refractivity contribution is 5.98. The van der Waals surface area contributed by atoms with Crippen molar-refractivity contribution >= 4 is 10.5 Å². The molecule has 0 N–H and O–H groups in total. The summed E-state index contributed by atoms with van der Waals surface area (Å²) in [5.74, 6) is 1.40. The monoisotopic (exact) mass is 272 g/mol. The van der Waals surface area contributed by atoms with E-state index in [1.807, 2.05) is 0 Å². The predicted molar refractivity (Wildman–Crippen MR) is 86.0 cm³/mol. The van der Waals surface area contributed by atoms with Crippen molar-refractivity contribution < 1.29 is 4.43 Å². The van der Waals surface area contributed by atoms with Crippen LogP contribution in [0.1, 0.15) is 80.1 Å². The average Bonchev–Trinajstić information content (AvgIpc) is 2.32. The summed E-state index contributed by atoms with van der Waals surface area (Å²) in [6, 6.07) is 0. The largest absolute Gasteiger partial charge is 0.425 e. The van der Waals surface area contributed by atoms with Gasteiger partial charge >= 0.3 is 0 Å². The van der Waals surface area contributed by atoms with Gasteiger partial charge in [0.15, 0.2) is 0 Å². The van der Waals surface area contributed by atoms with Gasteiger partial charge in [-0.2, -0.15) is 0 Å². The Morgan fingerprint density at radius 3 is 1.78 bits per heavy atom. The molecule has 0 aliphatic heterocycles. The molecule has 110 valence electrons. The number of rotatable bonds is 10. The van der Waals surface area contributed by atoms with Crippen LogP contribution in [0.3, 0.4) is 0 Å². The van der Waals surface area contributed by atoms with Crippen molar-refractivity contribution in [2.45, 2.75) is 86.2 Å². The van der Waals surface area contributed by atoms with Gasteiger partial charge in [-0.15, -0.1) is 0 Å². The van der Waals surface area contributed by atoms with Crippen LogP contribution in [0.4, 0.5) is 0 Å². The minimum atomic E-state index is 0.369. The summed E-state index contributed by atoms with van der Waals surface area (Å²) in [6.45, 7) is 14.1. The Hall–Kier alpha value is 0.177. The van der Waals surface area contributed by atoms with E-state index in [1.54, 1.807) is 0 Å². The van der Waals surface area contributed by atoms with Crippen molar-refractivity contribution in [3.8, 4) is 0 Å². The van der Waals surface area contributed by atoms with Gasteiger partial charge in [0.2, 0.25) is 0 Å². The average molecular weight is 273 g/mol. The number of hydrogen-bond donors (Lipinski definition) is 0. The zero-order chi connectivity index (χ0) is 14.2. The van der Waals surface area contributed by atoms with E-state index in [0.717, 1.165) is 10.5 Å². The standard InChI is InChI=1S/C16H36OSi/c1-7-8-9-10-11-12-16(13(2)3,14(4)5)15(6)17-18/h13-15H,7-12H2,1-6,18H3. The summed E-state index contributed by atoms with van der Waals surface area (Å²) in [4.78, 5) is 0. The minimum Gasteiger partial charge on any atom is -0.425 e.